The summed E-state index contributed by atoms with van der Waals surface area (Å²) in [5.74, 6) is 0. The van der Waals surface area contributed by atoms with Crippen molar-refractivity contribution in [2.45, 2.75) is 19.1 Å². The van der Waals surface area contributed by atoms with E-state index in [-0.39, 0.29) is 6.07 Å². The quantitative estimate of drug-likeness (QED) is 0.687. The van der Waals surface area contributed by atoms with E-state index < -0.39 is 46.9 Å². The summed E-state index contributed by atoms with van der Waals surface area (Å²) in [6.45, 7) is -0.614. The fourth-order valence-corrected chi connectivity index (χ4v) is 1.53. The molecule has 0 aliphatic carbocycles. The Morgan fingerprint density at radius 3 is 2.33 bits per heavy atom. The van der Waals surface area contributed by atoms with Gasteiger partial charge in [-0.05, 0) is 17.7 Å². The molecule has 0 aliphatic rings. The molecule has 0 amide bonds. The van der Waals surface area contributed by atoms with E-state index in [0.717, 1.165) is 0 Å². The minimum atomic E-state index is -5.00. The third-order valence-electron chi connectivity index (χ3n) is 2.03. The van der Waals surface area contributed by atoms with Gasteiger partial charge < -0.3 is 5.73 Å². The summed E-state index contributed by atoms with van der Waals surface area (Å²) in [5.41, 5.74) is 0.814. The molecule has 0 aliphatic heterocycles. The fraction of sp³-hybridized carbons (Fsp3) is 0.333. The minimum Gasteiger partial charge on any atom is -0.325 e. The summed E-state index contributed by atoms with van der Waals surface area (Å²) >= 11 is 5.01. The molecule has 0 bridgehead atoms. The van der Waals surface area contributed by atoms with Gasteiger partial charge in [0.25, 0.3) is 11.7 Å². The first-order chi connectivity index (χ1) is 8.18. The smallest absolute Gasteiger partial charge is 0.325 e. The minimum absolute atomic E-state index is 0.0967. The molecular formula is C9H6ClF5N2O. The zero-order valence-corrected chi connectivity index (χ0v) is 9.32. The topological polar surface area (TPSA) is 56.0 Å². The molecule has 0 unspecified atom stereocenters. The molecule has 0 radical (unpaired) electrons. The molecule has 9 heteroatoms. The van der Waals surface area contributed by atoms with Crippen LogP contribution in [0.15, 0.2) is 6.07 Å². The van der Waals surface area contributed by atoms with Crippen molar-refractivity contribution in [1.82, 2.24) is 4.98 Å². The molecule has 2 N–H and O–H groups in total. The van der Waals surface area contributed by atoms with Gasteiger partial charge >= 0.3 is 6.18 Å². The van der Waals surface area contributed by atoms with E-state index in [1.165, 1.54) is 0 Å². The Morgan fingerprint density at radius 2 is 2.00 bits per heavy atom. The molecule has 0 spiro atoms. The van der Waals surface area contributed by atoms with Crippen LogP contribution in [0.25, 0.3) is 0 Å². The highest BCUT2D eigenvalue weighted by atomic mass is 35.5. The molecular weight excluding hydrogens is 283 g/mol. The summed E-state index contributed by atoms with van der Waals surface area (Å²) in [7, 11) is 0. The molecule has 1 aromatic rings. The van der Waals surface area contributed by atoms with Crippen molar-refractivity contribution in [1.29, 1.82) is 0 Å². The van der Waals surface area contributed by atoms with E-state index in [9.17, 15) is 26.7 Å². The molecule has 1 aromatic heterocycles. The molecule has 1 rings (SSSR count). The summed E-state index contributed by atoms with van der Waals surface area (Å²) in [5, 5.41) is -1.45. The zero-order chi connectivity index (χ0) is 14.1. The van der Waals surface area contributed by atoms with Gasteiger partial charge in [-0.15, -0.1) is 0 Å². The van der Waals surface area contributed by atoms with Gasteiger partial charge in [-0.3, -0.25) is 4.79 Å². The molecule has 18 heavy (non-hydrogen) atoms. The second kappa shape index (κ2) is 5.15. The maximum atomic E-state index is 12.6. The van der Waals surface area contributed by atoms with Gasteiger partial charge in [0.05, 0.1) is 16.8 Å². The Bertz CT molecular complexity index is 475. The van der Waals surface area contributed by atoms with Crippen LogP contribution in [0.2, 0.25) is 0 Å². The number of rotatable bonds is 3. The highest BCUT2D eigenvalue weighted by molar-refractivity contribution is 6.68. The van der Waals surface area contributed by atoms with Crippen LogP contribution in [0, 0.1) is 0 Å². The van der Waals surface area contributed by atoms with Crippen molar-refractivity contribution < 1.29 is 26.7 Å². The van der Waals surface area contributed by atoms with Crippen LogP contribution in [0.3, 0.4) is 0 Å². The Kier molecular flexibility index (Phi) is 4.23. The summed E-state index contributed by atoms with van der Waals surface area (Å²) in [6, 6.07) is 0.0967. The van der Waals surface area contributed by atoms with E-state index in [4.69, 9.17) is 17.3 Å². The molecule has 1 heterocycles. The molecule has 0 atom stereocenters. The fourth-order valence-electron chi connectivity index (χ4n) is 1.32. The first kappa shape index (κ1) is 14.8. The van der Waals surface area contributed by atoms with Gasteiger partial charge in [-0.1, -0.05) is 0 Å². The van der Waals surface area contributed by atoms with E-state index >= 15 is 0 Å². The van der Waals surface area contributed by atoms with Crippen LogP contribution < -0.4 is 5.73 Å². The Hall–Kier alpha value is -1.28. The lowest BCUT2D eigenvalue weighted by Crippen LogP contribution is -2.18. The molecule has 100 valence electrons. The number of hydrogen-bond acceptors (Lipinski definition) is 3. The molecule has 3 nitrogen and oxygen atoms in total. The SMILES string of the molecule is NCc1nc(C(F)F)cc(C(F)(F)F)c1C(=O)Cl. The monoisotopic (exact) mass is 288 g/mol. The number of carbonyl (C=O) groups excluding carboxylic acids is 1. The maximum Gasteiger partial charge on any atom is 0.417 e. The lowest BCUT2D eigenvalue weighted by atomic mass is 10.1. The number of carbonyl (C=O) groups is 1. The number of halogens is 6. The second-order valence-electron chi connectivity index (χ2n) is 3.19. The zero-order valence-electron chi connectivity index (χ0n) is 8.56. The number of alkyl halides is 5. The number of pyridine rings is 1. The van der Waals surface area contributed by atoms with Crippen LogP contribution in [-0.2, 0) is 12.7 Å². The number of nitrogens with zero attached hydrogens (tertiary/aromatic N) is 1. The van der Waals surface area contributed by atoms with Gasteiger partial charge in [0.15, 0.2) is 0 Å². The van der Waals surface area contributed by atoms with E-state index in [1.54, 1.807) is 0 Å². The van der Waals surface area contributed by atoms with Crippen LogP contribution in [0.5, 0.6) is 0 Å². The van der Waals surface area contributed by atoms with Crippen molar-refractivity contribution in [2.75, 3.05) is 0 Å². The van der Waals surface area contributed by atoms with Crippen molar-refractivity contribution in [3.05, 3.63) is 28.6 Å². The standard InChI is InChI=1S/C9H6ClF5N2O/c10-7(18)6-3(9(13,14)15)1-4(8(11)12)17-5(6)2-16/h1,8H,2,16H2. The Morgan fingerprint density at radius 1 is 1.44 bits per heavy atom. The van der Waals surface area contributed by atoms with Crippen molar-refractivity contribution in [3.8, 4) is 0 Å². The highest BCUT2D eigenvalue weighted by Gasteiger charge is 2.38. The average molecular weight is 289 g/mol. The number of hydrogen-bond donors (Lipinski definition) is 1. The molecule has 0 fully saturated rings. The van der Waals surface area contributed by atoms with Crippen LogP contribution in [0.1, 0.15) is 33.7 Å². The molecule has 0 aromatic carbocycles. The number of nitrogens with two attached hydrogens (primary N) is 1. The Balaban J connectivity index is 3.63. The predicted octanol–water partition coefficient (Wildman–Crippen LogP) is 2.88. The summed E-state index contributed by atoms with van der Waals surface area (Å²) < 4.78 is 62.7. The van der Waals surface area contributed by atoms with Crippen LogP contribution in [-0.4, -0.2) is 10.2 Å². The third kappa shape index (κ3) is 2.94. The second-order valence-corrected chi connectivity index (χ2v) is 3.54. The lowest BCUT2D eigenvalue weighted by molar-refractivity contribution is -0.138. The van der Waals surface area contributed by atoms with Crippen molar-refractivity contribution in [2.24, 2.45) is 5.73 Å². The van der Waals surface area contributed by atoms with E-state index in [0.29, 0.717) is 0 Å². The molecule has 0 saturated heterocycles. The average Bonchev–Trinajstić information content (AvgIpc) is 2.25. The lowest BCUT2D eigenvalue weighted by Gasteiger charge is -2.14. The van der Waals surface area contributed by atoms with Gasteiger partial charge in [-0.25, -0.2) is 13.8 Å². The van der Waals surface area contributed by atoms with E-state index in [2.05, 4.69) is 4.98 Å². The largest absolute Gasteiger partial charge is 0.417 e. The first-order valence-corrected chi connectivity index (χ1v) is 4.85. The van der Waals surface area contributed by atoms with Gasteiger partial charge in [0.1, 0.15) is 5.69 Å². The number of aromatic nitrogens is 1. The van der Waals surface area contributed by atoms with Crippen LogP contribution in [0.4, 0.5) is 22.0 Å². The third-order valence-corrected chi connectivity index (χ3v) is 2.22. The van der Waals surface area contributed by atoms with E-state index in [1.807, 2.05) is 0 Å². The van der Waals surface area contributed by atoms with Crippen LogP contribution >= 0.6 is 11.6 Å². The van der Waals surface area contributed by atoms with Gasteiger partial charge in [-0.2, -0.15) is 13.2 Å². The summed E-state index contributed by atoms with van der Waals surface area (Å²) in [4.78, 5) is 14.2. The molecule has 0 saturated carbocycles. The highest BCUT2D eigenvalue weighted by Crippen LogP contribution is 2.35. The first-order valence-electron chi connectivity index (χ1n) is 4.47. The van der Waals surface area contributed by atoms with Gasteiger partial charge in [0.2, 0.25) is 0 Å². The van der Waals surface area contributed by atoms with Crippen molar-refractivity contribution in [3.63, 3.8) is 0 Å². The van der Waals surface area contributed by atoms with Gasteiger partial charge in [0, 0.05) is 6.54 Å². The maximum absolute atomic E-state index is 12.6. The van der Waals surface area contributed by atoms with Crippen molar-refractivity contribution >= 4 is 16.8 Å². The Labute approximate surface area is 103 Å². The predicted molar refractivity (Wildman–Crippen MR) is 52.3 cm³/mol. The summed E-state index contributed by atoms with van der Waals surface area (Å²) in [6.07, 6.45) is -8.22. The normalized spacial score (nSPS) is 12.0.